The van der Waals surface area contributed by atoms with Crippen molar-refractivity contribution >= 4 is 50.6 Å². The summed E-state index contributed by atoms with van der Waals surface area (Å²) in [5.74, 6) is 0. The van der Waals surface area contributed by atoms with E-state index in [2.05, 4.69) is 205 Å². The lowest BCUT2D eigenvalue weighted by molar-refractivity contribution is 1.18. The van der Waals surface area contributed by atoms with E-state index in [-0.39, 0.29) is 0 Å². The molecule has 0 atom stereocenters. The first-order valence-electron chi connectivity index (χ1n) is 17.4. The van der Waals surface area contributed by atoms with E-state index in [0.717, 1.165) is 0 Å². The molecule has 0 unspecified atom stereocenters. The van der Waals surface area contributed by atoms with Crippen molar-refractivity contribution in [3.05, 3.63) is 200 Å². The second-order valence-corrected chi connectivity index (χ2v) is 16.9. The van der Waals surface area contributed by atoms with E-state index in [1.165, 1.54) is 81.6 Å². The van der Waals surface area contributed by atoms with Gasteiger partial charge in [-0.2, -0.15) is 0 Å². The van der Waals surface area contributed by atoms with Gasteiger partial charge >= 0.3 is 0 Å². The molecular weight excluding hydrogens is 619 g/mol. The van der Waals surface area contributed by atoms with E-state index in [0.29, 0.717) is 0 Å². The SMILES string of the molecule is c1ccc([Si]2(c3ccc(-n4c5ccccc5c5ccccc54)cc3)c3ccccc3-c3ccccc3-c3ccccc3-c3ccccc32)cc1. The average Bonchev–Trinajstić information content (AvgIpc) is 3.55. The Labute approximate surface area is 293 Å². The fourth-order valence-electron chi connectivity index (χ4n) is 8.68. The normalized spacial score (nSPS) is 13.0. The van der Waals surface area contributed by atoms with Crippen molar-refractivity contribution in [3.63, 3.8) is 0 Å². The van der Waals surface area contributed by atoms with E-state index in [1.54, 1.807) is 0 Å². The Bertz CT molecular complexity index is 2560. The highest BCUT2D eigenvalue weighted by atomic mass is 28.3. The Hall–Kier alpha value is -6.22. The third-order valence-corrected chi connectivity index (χ3v) is 15.6. The second kappa shape index (κ2) is 11.4. The molecule has 1 nitrogen and oxygen atoms in total. The molecule has 0 fully saturated rings. The van der Waals surface area contributed by atoms with Crippen LogP contribution in [-0.2, 0) is 0 Å². The molecule has 1 aliphatic heterocycles. The van der Waals surface area contributed by atoms with Crippen molar-refractivity contribution in [2.24, 2.45) is 0 Å². The fourth-order valence-corrected chi connectivity index (χ4v) is 13.8. The Balaban J connectivity index is 1.34. The molecule has 234 valence electrons. The van der Waals surface area contributed by atoms with Gasteiger partial charge in [0, 0.05) is 16.5 Å². The van der Waals surface area contributed by atoms with Crippen LogP contribution in [0.15, 0.2) is 200 Å². The van der Waals surface area contributed by atoms with Crippen molar-refractivity contribution in [3.8, 4) is 39.1 Å². The summed E-state index contributed by atoms with van der Waals surface area (Å²) in [7, 11) is -2.95. The van der Waals surface area contributed by atoms with Gasteiger partial charge in [-0.05, 0) is 78.4 Å². The summed E-state index contributed by atoms with van der Waals surface area (Å²) in [6, 6.07) is 74.8. The van der Waals surface area contributed by atoms with Gasteiger partial charge in [-0.25, -0.2) is 0 Å². The van der Waals surface area contributed by atoms with E-state index in [9.17, 15) is 0 Å². The summed E-state index contributed by atoms with van der Waals surface area (Å²) >= 11 is 0. The van der Waals surface area contributed by atoms with Crippen molar-refractivity contribution in [2.75, 3.05) is 0 Å². The summed E-state index contributed by atoms with van der Waals surface area (Å²) in [6.45, 7) is 0. The molecule has 2 heterocycles. The maximum Gasteiger partial charge on any atom is 0.180 e. The zero-order chi connectivity index (χ0) is 33.1. The number of fused-ring (bicyclic) bond motifs is 10. The largest absolute Gasteiger partial charge is 0.309 e. The van der Waals surface area contributed by atoms with Crippen molar-refractivity contribution < 1.29 is 0 Å². The summed E-state index contributed by atoms with van der Waals surface area (Å²) < 4.78 is 2.42. The minimum Gasteiger partial charge on any atom is -0.309 e. The Morgan fingerprint density at radius 1 is 0.280 bits per heavy atom. The van der Waals surface area contributed by atoms with Gasteiger partial charge < -0.3 is 4.57 Å². The van der Waals surface area contributed by atoms with E-state index in [4.69, 9.17) is 0 Å². The smallest absolute Gasteiger partial charge is 0.180 e. The predicted octanol–water partition coefficient (Wildman–Crippen LogP) is 9.48. The van der Waals surface area contributed by atoms with Gasteiger partial charge in [0.1, 0.15) is 0 Å². The molecule has 9 aromatic rings. The summed E-state index contributed by atoms with van der Waals surface area (Å²) in [4.78, 5) is 0. The summed E-state index contributed by atoms with van der Waals surface area (Å²) in [5, 5.41) is 8.11. The van der Waals surface area contributed by atoms with Crippen LogP contribution in [0.5, 0.6) is 0 Å². The number of hydrogen-bond donors (Lipinski definition) is 0. The molecule has 0 spiro atoms. The van der Waals surface area contributed by atoms with Gasteiger partial charge in [0.25, 0.3) is 0 Å². The first kappa shape index (κ1) is 28.8. The highest BCUT2D eigenvalue weighted by Gasteiger charge is 2.45. The lowest BCUT2D eigenvalue weighted by Gasteiger charge is -2.37. The van der Waals surface area contributed by atoms with Crippen LogP contribution in [0.1, 0.15) is 0 Å². The average molecular weight is 652 g/mol. The topological polar surface area (TPSA) is 4.93 Å². The van der Waals surface area contributed by atoms with Gasteiger partial charge in [-0.1, -0.05) is 176 Å². The Morgan fingerprint density at radius 2 is 0.640 bits per heavy atom. The van der Waals surface area contributed by atoms with Gasteiger partial charge in [-0.15, -0.1) is 0 Å². The molecule has 1 aliphatic rings. The van der Waals surface area contributed by atoms with Crippen molar-refractivity contribution in [2.45, 2.75) is 0 Å². The first-order valence-corrected chi connectivity index (χ1v) is 19.4. The van der Waals surface area contributed by atoms with E-state index >= 15 is 0 Å². The molecule has 0 bridgehead atoms. The fraction of sp³-hybridized carbons (Fsp3) is 0. The minimum atomic E-state index is -2.95. The van der Waals surface area contributed by atoms with Crippen LogP contribution in [-0.4, -0.2) is 12.6 Å². The molecule has 10 rings (SSSR count). The van der Waals surface area contributed by atoms with Gasteiger partial charge in [0.15, 0.2) is 8.07 Å². The predicted molar refractivity (Wildman–Crippen MR) is 214 cm³/mol. The quantitative estimate of drug-likeness (QED) is 0.168. The number of hydrogen-bond acceptors (Lipinski definition) is 0. The van der Waals surface area contributed by atoms with Gasteiger partial charge in [-0.3, -0.25) is 0 Å². The third kappa shape index (κ3) is 4.12. The molecule has 0 aliphatic carbocycles. The van der Waals surface area contributed by atoms with Crippen LogP contribution in [0.25, 0.3) is 60.9 Å². The zero-order valence-electron chi connectivity index (χ0n) is 27.5. The number of para-hydroxylation sites is 2. The zero-order valence-corrected chi connectivity index (χ0v) is 28.5. The Morgan fingerprint density at radius 3 is 1.14 bits per heavy atom. The molecule has 0 saturated carbocycles. The third-order valence-electron chi connectivity index (χ3n) is 10.7. The number of nitrogens with zero attached hydrogens (tertiary/aromatic N) is 1. The molecule has 0 saturated heterocycles. The van der Waals surface area contributed by atoms with Crippen LogP contribution >= 0.6 is 0 Å². The highest BCUT2D eigenvalue weighted by Crippen LogP contribution is 2.40. The highest BCUT2D eigenvalue weighted by molar-refractivity contribution is 7.21. The van der Waals surface area contributed by atoms with Crippen LogP contribution in [0.3, 0.4) is 0 Å². The number of rotatable bonds is 3. The van der Waals surface area contributed by atoms with E-state index in [1.807, 2.05) is 0 Å². The molecule has 50 heavy (non-hydrogen) atoms. The van der Waals surface area contributed by atoms with Crippen LogP contribution in [0.2, 0.25) is 0 Å². The van der Waals surface area contributed by atoms with Gasteiger partial charge in [0.05, 0.1) is 11.0 Å². The van der Waals surface area contributed by atoms with Crippen LogP contribution < -0.4 is 20.7 Å². The molecule has 1 aromatic heterocycles. The molecule has 0 radical (unpaired) electrons. The molecule has 8 aromatic carbocycles. The minimum absolute atomic E-state index is 1.17. The monoisotopic (exact) mass is 651 g/mol. The van der Waals surface area contributed by atoms with Crippen molar-refractivity contribution in [1.82, 2.24) is 4.57 Å². The maximum absolute atomic E-state index is 2.95. The molecule has 2 heteroatoms. The van der Waals surface area contributed by atoms with Gasteiger partial charge in [0.2, 0.25) is 0 Å². The molecule has 0 amide bonds. The Kier molecular flexibility index (Phi) is 6.58. The summed E-state index contributed by atoms with van der Waals surface area (Å²) in [5.41, 5.74) is 11.3. The lowest BCUT2D eigenvalue weighted by atomic mass is 9.89. The van der Waals surface area contributed by atoms with Crippen molar-refractivity contribution in [1.29, 1.82) is 0 Å². The number of benzene rings is 8. The number of aromatic nitrogens is 1. The molecular formula is C48H33NSi. The van der Waals surface area contributed by atoms with Crippen LogP contribution in [0, 0.1) is 0 Å². The van der Waals surface area contributed by atoms with E-state index < -0.39 is 8.07 Å². The molecule has 0 N–H and O–H groups in total. The standard InChI is InChI=1S/C48H33NSi/c1-2-16-35(17-3-1)50(36-32-30-34(31-33-36)49-45-26-12-8-22-41(45)42-23-9-13-27-46(42)49)47-28-14-10-24-43(47)39-20-6-4-18-37(39)38-19-5-7-21-40(38)44-25-11-15-29-48(44)50/h1-33H. The first-order chi connectivity index (χ1) is 24.8. The summed E-state index contributed by atoms with van der Waals surface area (Å²) in [6.07, 6.45) is 0. The van der Waals surface area contributed by atoms with Crippen LogP contribution in [0.4, 0.5) is 0 Å². The lowest BCUT2D eigenvalue weighted by Crippen LogP contribution is -2.75. The maximum atomic E-state index is 2.43. The second-order valence-electron chi connectivity index (χ2n) is 13.2.